The van der Waals surface area contributed by atoms with Crippen LogP contribution in [-0.4, -0.2) is 17.6 Å². The molecule has 1 aromatic rings. The molecule has 0 aliphatic carbocycles. The fraction of sp³-hybridized carbons (Fsp3) is 0.222. The lowest BCUT2D eigenvalue weighted by Crippen LogP contribution is -2.41. The second kappa shape index (κ2) is 5.05. The van der Waals surface area contributed by atoms with Crippen molar-refractivity contribution in [2.45, 2.75) is 11.7 Å². The molecule has 0 saturated carbocycles. The zero-order valence-electron chi connectivity index (χ0n) is 7.68. The van der Waals surface area contributed by atoms with Gasteiger partial charge in [0.2, 0.25) is 5.50 Å². The molecule has 88 valence electrons. The van der Waals surface area contributed by atoms with Crippen molar-refractivity contribution >= 4 is 33.4 Å². The fourth-order valence-electron chi connectivity index (χ4n) is 0.882. The number of carbonyl (C=O) groups excluding carboxylic acids is 1. The molecule has 0 aliphatic rings. The van der Waals surface area contributed by atoms with Crippen molar-refractivity contribution in [3.63, 3.8) is 0 Å². The first kappa shape index (κ1) is 13.3. The van der Waals surface area contributed by atoms with Gasteiger partial charge in [0.1, 0.15) is 0 Å². The van der Waals surface area contributed by atoms with Crippen LogP contribution in [0.3, 0.4) is 0 Å². The van der Waals surface area contributed by atoms with Gasteiger partial charge in [0.15, 0.2) is 0 Å². The molecule has 16 heavy (non-hydrogen) atoms. The van der Waals surface area contributed by atoms with Gasteiger partial charge in [-0.3, -0.25) is 4.79 Å². The molecule has 0 fully saturated rings. The summed E-state index contributed by atoms with van der Waals surface area (Å²) in [7, 11) is 0. The lowest BCUT2D eigenvalue weighted by Gasteiger charge is -2.14. The number of rotatable bonds is 2. The molecule has 0 aromatic heterocycles. The van der Waals surface area contributed by atoms with Gasteiger partial charge in [-0.25, -0.2) is 0 Å². The van der Waals surface area contributed by atoms with E-state index < -0.39 is 17.6 Å². The van der Waals surface area contributed by atoms with E-state index in [4.69, 9.17) is 11.6 Å². The number of benzene rings is 1. The van der Waals surface area contributed by atoms with Crippen LogP contribution in [0, 0.1) is 0 Å². The molecule has 0 radical (unpaired) electrons. The molecule has 1 N–H and O–H groups in total. The Bertz CT molecular complexity index is 379. The predicted octanol–water partition coefficient (Wildman–Crippen LogP) is 3.31. The predicted molar refractivity (Wildman–Crippen MR) is 57.3 cm³/mol. The van der Waals surface area contributed by atoms with Gasteiger partial charge in [-0.15, -0.1) is 0 Å². The lowest BCUT2D eigenvalue weighted by molar-refractivity contribution is -0.134. The number of nitrogens with one attached hydrogen (secondary N) is 1. The van der Waals surface area contributed by atoms with Crippen LogP contribution < -0.4 is 5.32 Å². The van der Waals surface area contributed by atoms with Crippen molar-refractivity contribution in [3.8, 4) is 0 Å². The highest BCUT2D eigenvalue weighted by atomic mass is 79.9. The Morgan fingerprint density at radius 2 is 1.81 bits per heavy atom. The number of halogens is 5. The minimum atomic E-state index is -4.66. The lowest BCUT2D eigenvalue weighted by atomic mass is 10.2. The fourth-order valence-corrected chi connectivity index (χ4v) is 1.24. The summed E-state index contributed by atoms with van der Waals surface area (Å²) in [5.41, 5.74) is -2.28. The molecule has 1 amide bonds. The Labute approximate surface area is 103 Å². The molecule has 7 heteroatoms. The van der Waals surface area contributed by atoms with E-state index in [2.05, 4.69) is 15.9 Å². The monoisotopic (exact) mass is 315 g/mol. The maximum Gasteiger partial charge on any atom is 0.422 e. The number of carbonyl (C=O) groups is 1. The van der Waals surface area contributed by atoms with Gasteiger partial charge < -0.3 is 5.32 Å². The van der Waals surface area contributed by atoms with Crippen LogP contribution in [0.2, 0.25) is 0 Å². The summed E-state index contributed by atoms with van der Waals surface area (Å²) < 4.78 is 36.8. The Morgan fingerprint density at radius 1 is 1.31 bits per heavy atom. The maximum absolute atomic E-state index is 12.0. The van der Waals surface area contributed by atoms with Gasteiger partial charge in [0.05, 0.1) is 0 Å². The van der Waals surface area contributed by atoms with Gasteiger partial charge >= 0.3 is 6.18 Å². The third-order valence-electron chi connectivity index (χ3n) is 1.65. The molecule has 0 aliphatic heterocycles. The molecule has 0 bridgehead atoms. The summed E-state index contributed by atoms with van der Waals surface area (Å²) in [6.07, 6.45) is -4.66. The second-order valence-corrected chi connectivity index (χ2v) is 4.24. The molecule has 1 rings (SSSR count). The van der Waals surface area contributed by atoms with E-state index in [9.17, 15) is 18.0 Å². The van der Waals surface area contributed by atoms with E-state index in [1.165, 1.54) is 12.1 Å². The van der Waals surface area contributed by atoms with Crippen molar-refractivity contribution in [2.24, 2.45) is 0 Å². The first-order chi connectivity index (χ1) is 7.30. The molecule has 0 saturated heterocycles. The van der Waals surface area contributed by atoms with Crippen LogP contribution in [0.5, 0.6) is 0 Å². The van der Waals surface area contributed by atoms with Gasteiger partial charge in [-0.05, 0) is 24.3 Å². The van der Waals surface area contributed by atoms with E-state index >= 15 is 0 Å². The molecule has 1 atom stereocenters. The molecular weight excluding hydrogens is 310 g/mol. The summed E-state index contributed by atoms with van der Waals surface area (Å²) in [4.78, 5) is 11.3. The molecule has 2 nitrogen and oxygen atoms in total. The number of alkyl halides is 4. The van der Waals surface area contributed by atoms with Crippen LogP contribution in [0.15, 0.2) is 28.7 Å². The van der Waals surface area contributed by atoms with Gasteiger partial charge in [0, 0.05) is 10.0 Å². The molecule has 1 aromatic carbocycles. The molecule has 1 unspecified atom stereocenters. The summed E-state index contributed by atoms with van der Waals surface area (Å²) in [6.45, 7) is 0. The Hall–Kier alpha value is -0.750. The van der Waals surface area contributed by atoms with Crippen molar-refractivity contribution in [3.05, 3.63) is 34.3 Å². The SMILES string of the molecule is O=C(NC(Cl)C(F)(F)F)c1ccc(Br)cc1. The van der Waals surface area contributed by atoms with E-state index in [1.807, 2.05) is 0 Å². The summed E-state index contributed by atoms with van der Waals surface area (Å²) >= 11 is 8.11. The summed E-state index contributed by atoms with van der Waals surface area (Å²) in [5.74, 6) is -0.871. The van der Waals surface area contributed by atoms with E-state index in [0.717, 1.165) is 4.47 Å². The molecule has 0 heterocycles. The van der Waals surface area contributed by atoms with Crippen LogP contribution >= 0.6 is 27.5 Å². The van der Waals surface area contributed by atoms with Crippen molar-refractivity contribution < 1.29 is 18.0 Å². The van der Waals surface area contributed by atoms with E-state index in [-0.39, 0.29) is 5.56 Å². The standard InChI is InChI=1S/C9H6BrClF3NO/c10-6-3-1-5(2-4-6)7(16)15-8(11)9(12,13)14/h1-4,8H,(H,15,16). The summed E-state index contributed by atoms with van der Waals surface area (Å²) in [5, 5.41) is 1.64. The maximum atomic E-state index is 12.0. The van der Waals surface area contributed by atoms with Crippen molar-refractivity contribution in [1.82, 2.24) is 5.32 Å². The molecular formula is C9H6BrClF3NO. The average Bonchev–Trinajstić information content (AvgIpc) is 2.17. The van der Waals surface area contributed by atoms with Crippen LogP contribution in [0.1, 0.15) is 10.4 Å². The highest BCUT2D eigenvalue weighted by molar-refractivity contribution is 9.10. The quantitative estimate of drug-likeness (QED) is 0.658. The summed E-state index contributed by atoms with van der Waals surface area (Å²) in [6, 6.07) is 5.87. The van der Waals surface area contributed by atoms with E-state index in [1.54, 1.807) is 17.4 Å². The van der Waals surface area contributed by atoms with Gasteiger partial charge in [-0.1, -0.05) is 27.5 Å². The zero-order valence-corrected chi connectivity index (χ0v) is 10.0. The Morgan fingerprint density at radius 3 is 2.25 bits per heavy atom. The van der Waals surface area contributed by atoms with Crippen LogP contribution in [0.25, 0.3) is 0 Å². The number of hydrogen-bond donors (Lipinski definition) is 1. The normalized spacial score (nSPS) is 13.3. The third-order valence-corrected chi connectivity index (χ3v) is 2.54. The number of amides is 1. The van der Waals surface area contributed by atoms with Gasteiger partial charge in [0.25, 0.3) is 5.91 Å². The Kier molecular flexibility index (Phi) is 4.21. The van der Waals surface area contributed by atoms with Crippen LogP contribution in [0.4, 0.5) is 13.2 Å². The topological polar surface area (TPSA) is 29.1 Å². The van der Waals surface area contributed by atoms with Crippen molar-refractivity contribution in [1.29, 1.82) is 0 Å². The first-order valence-corrected chi connectivity index (χ1v) is 5.31. The van der Waals surface area contributed by atoms with Crippen LogP contribution in [-0.2, 0) is 0 Å². The number of hydrogen-bond acceptors (Lipinski definition) is 1. The largest absolute Gasteiger partial charge is 0.422 e. The highest BCUT2D eigenvalue weighted by Gasteiger charge is 2.39. The Balaban J connectivity index is 2.70. The second-order valence-electron chi connectivity index (χ2n) is 2.88. The van der Waals surface area contributed by atoms with Crippen molar-refractivity contribution in [2.75, 3.05) is 0 Å². The average molecular weight is 317 g/mol. The smallest absolute Gasteiger partial charge is 0.328 e. The highest BCUT2D eigenvalue weighted by Crippen LogP contribution is 2.23. The first-order valence-electron chi connectivity index (χ1n) is 4.08. The minimum absolute atomic E-state index is 0.109. The molecule has 0 spiro atoms. The van der Waals surface area contributed by atoms with E-state index in [0.29, 0.717) is 0 Å². The van der Waals surface area contributed by atoms with Gasteiger partial charge in [-0.2, -0.15) is 13.2 Å². The minimum Gasteiger partial charge on any atom is -0.328 e. The zero-order chi connectivity index (χ0) is 12.3. The third kappa shape index (κ3) is 3.68.